The third kappa shape index (κ3) is 5.16. The highest BCUT2D eigenvalue weighted by Gasteiger charge is 2.16. The standard InChI is InChI=1S/C22H18N6O3S/c29-20(24-18-8-10-19(11-9-18)28(30)31)15-32-22-26-25-21(17-7-4-12-23-13-17)27(22)14-16-5-2-1-3-6-16/h1-13H,14-15H2,(H,24,29). The van der Waals surface area contributed by atoms with Crippen molar-refractivity contribution in [3.8, 4) is 11.4 Å². The summed E-state index contributed by atoms with van der Waals surface area (Å²) >= 11 is 1.27. The van der Waals surface area contributed by atoms with Crippen LogP contribution in [0.15, 0.2) is 84.3 Å². The van der Waals surface area contributed by atoms with E-state index in [4.69, 9.17) is 0 Å². The molecule has 4 rings (SSSR count). The van der Waals surface area contributed by atoms with E-state index < -0.39 is 4.92 Å². The Balaban J connectivity index is 1.49. The summed E-state index contributed by atoms with van der Waals surface area (Å²) in [5, 5.41) is 22.7. The number of nitrogens with one attached hydrogen (secondary N) is 1. The van der Waals surface area contributed by atoms with Crippen molar-refractivity contribution in [2.75, 3.05) is 11.1 Å². The predicted octanol–water partition coefficient (Wildman–Crippen LogP) is 4.03. The van der Waals surface area contributed by atoms with Gasteiger partial charge in [-0.15, -0.1) is 10.2 Å². The van der Waals surface area contributed by atoms with E-state index in [1.165, 1.54) is 36.0 Å². The maximum absolute atomic E-state index is 12.4. The molecule has 10 heteroatoms. The molecule has 0 saturated heterocycles. The second-order valence-corrected chi connectivity index (χ2v) is 7.70. The summed E-state index contributed by atoms with van der Waals surface area (Å²) in [6, 6.07) is 19.4. The van der Waals surface area contributed by atoms with Crippen LogP contribution in [0, 0.1) is 10.1 Å². The molecule has 32 heavy (non-hydrogen) atoms. The van der Waals surface area contributed by atoms with Crippen LogP contribution in [0.4, 0.5) is 11.4 Å². The summed E-state index contributed by atoms with van der Waals surface area (Å²) in [4.78, 5) is 26.9. The Morgan fingerprint density at radius 1 is 1.03 bits per heavy atom. The monoisotopic (exact) mass is 446 g/mol. The number of amides is 1. The fourth-order valence-corrected chi connectivity index (χ4v) is 3.74. The lowest BCUT2D eigenvalue weighted by molar-refractivity contribution is -0.384. The van der Waals surface area contributed by atoms with Crippen molar-refractivity contribution < 1.29 is 9.72 Å². The van der Waals surface area contributed by atoms with E-state index in [1.54, 1.807) is 12.4 Å². The van der Waals surface area contributed by atoms with Crippen molar-refractivity contribution in [1.29, 1.82) is 0 Å². The van der Waals surface area contributed by atoms with Gasteiger partial charge in [-0.2, -0.15) is 0 Å². The number of non-ortho nitro benzene ring substituents is 1. The number of benzene rings is 2. The van der Waals surface area contributed by atoms with Crippen LogP contribution >= 0.6 is 11.8 Å². The summed E-state index contributed by atoms with van der Waals surface area (Å²) in [6.07, 6.45) is 3.42. The fraction of sp³-hybridized carbons (Fsp3) is 0.0909. The molecular weight excluding hydrogens is 428 g/mol. The van der Waals surface area contributed by atoms with E-state index in [0.29, 0.717) is 23.2 Å². The number of rotatable bonds is 8. The number of nitro groups is 1. The van der Waals surface area contributed by atoms with Crippen molar-refractivity contribution in [1.82, 2.24) is 19.7 Å². The molecule has 160 valence electrons. The highest BCUT2D eigenvalue weighted by atomic mass is 32.2. The van der Waals surface area contributed by atoms with Gasteiger partial charge in [-0.3, -0.25) is 24.5 Å². The molecule has 0 radical (unpaired) electrons. The third-order valence-corrected chi connectivity index (χ3v) is 5.48. The first-order chi connectivity index (χ1) is 15.6. The number of carbonyl (C=O) groups is 1. The smallest absolute Gasteiger partial charge is 0.269 e. The predicted molar refractivity (Wildman–Crippen MR) is 121 cm³/mol. The van der Waals surface area contributed by atoms with Crippen LogP contribution in [-0.2, 0) is 11.3 Å². The van der Waals surface area contributed by atoms with Gasteiger partial charge in [0.05, 0.1) is 17.2 Å². The topological polar surface area (TPSA) is 116 Å². The second-order valence-electron chi connectivity index (χ2n) is 6.76. The molecule has 0 unspecified atom stereocenters. The first-order valence-corrected chi connectivity index (χ1v) is 10.6. The van der Waals surface area contributed by atoms with Crippen LogP contribution in [0.2, 0.25) is 0 Å². The zero-order valence-corrected chi connectivity index (χ0v) is 17.6. The van der Waals surface area contributed by atoms with Crippen LogP contribution in [0.1, 0.15) is 5.56 Å². The molecule has 4 aromatic rings. The molecule has 0 aliphatic rings. The van der Waals surface area contributed by atoms with Gasteiger partial charge in [-0.25, -0.2) is 0 Å². The second kappa shape index (κ2) is 9.84. The molecule has 9 nitrogen and oxygen atoms in total. The lowest BCUT2D eigenvalue weighted by Gasteiger charge is -2.10. The first-order valence-electron chi connectivity index (χ1n) is 9.65. The molecule has 0 bridgehead atoms. The number of thioether (sulfide) groups is 1. The minimum absolute atomic E-state index is 0.0330. The Kier molecular flexibility index (Phi) is 6.52. The molecule has 1 amide bonds. The van der Waals surface area contributed by atoms with Gasteiger partial charge in [0.2, 0.25) is 5.91 Å². The van der Waals surface area contributed by atoms with Crippen LogP contribution in [0.3, 0.4) is 0 Å². The number of nitrogens with zero attached hydrogens (tertiary/aromatic N) is 5. The Hall–Kier alpha value is -4.05. The SMILES string of the molecule is O=C(CSc1nnc(-c2cccnc2)n1Cc1ccccc1)Nc1ccc([N+](=O)[O-])cc1. The van der Waals surface area contributed by atoms with Gasteiger partial charge in [0.25, 0.3) is 5.69 Å². The molecule has 1 N–H and O–H groups in total. The van der Waals surface area contributed by atoms with Gasteiger partial charge >= 0.3 is 0 Å². The Labute approximate surface area is 187 Å². The maximum atomic E-state index is 12.4. The molecule has 0 aliphatic heterocycles. The van der Waals surface area contributed by atoms with Gasteiger partial charge < -0.3 is 5.32 Å². The van der Waals surface area contributed by atoms with E-state index in [1.807, 2.05) is 47.0 Å². The van der Waals surface area contributed by atoms with Gasteiger partial charge in [0.15, 0.2) is 11.0 Å². The molecular formula is C22H18N6O3S. The molecule has 0 fully saturated rings. The van der Waals surface area contributed by atoms with Gasteiger partial charge in [-0.1, -0.05) is 42.1 Å². The normalized spacial score (nSPS) is 10.6. The molecule has 0 atom stereocenters. The summed E-state index contributed by atoms with van der Waals surface area (Å²) in [7, 11) is 0. The van der Waals surface area contributed by atoms with Gasteiger partial charge in [0.1, 0.15) is 0 Å². The Bertz CT molecular complexity index is 1210. The van der Waals surface area contributed by atoms with E-state index >= 15 is 0 Å². The van der Waals surface area contributed by atoms with Crippen molar-refractivity contribution in [2.45, 2.75) is 11.7 Å². The van der Waals surface area contributed by atoms with Crippen molar-refractivity contribution in [3.63, 3.8) is 0 Å². The number of hydrogen-bond donors (Lipinski definition) is 1. The average Bonchev–Trinajstić information content (AvgIpc) is 3.21. The molecule has 0 spiro atoms. The number of carbonyl (C=O) groups excluding carboxylic acids is 1. The van der Waals surface area contributed by atoms with Gasteiger partial charge in [-0.05, 0) is 29.8 Å². The van der Waals surface area contributed by atoms with Crippen molar-refractivity contribution in [3.05, 3.63) is 94.8 Å². The van der Waals surface area contributed by atoms with E-state index in [9.17, 15) is 14.9 Å². The Morgan fingerprint density at radius 3 is 2.50 bits per heavy atom. The maximum Gasteiger partial charge on any atom is 0.269 e. The van der Waals surface area contributed by atoms with E-state index in [2.05, 4.69) is 20.5 Å². The van der Waals surface area contributed by atoms with Crippen LogP contribution < -0.4 is 5.32 Å². The van der Waals surface area contributed by atoms with E-state index in [0.717, 1.165) is 11.1 Å². The number of aromatic nitrogens is 4. The quantitative estimate of drug-likeness (QED) is 0.247. The largest absolute Gasteiger partial charge is 0.325 e. The molecule has 2 heterocycles. The Morgan fingerprint density at radius 2 is 1.81 bits per heavy atom. The molecule has 2 aromatic heterocycles. The first kappa shape index (κ1) is 21.2. The summed E-state index contributed by atoms with van der Waals surface area (Å²) in [6.45, 7) is 0.546. The zero-order valence-electron chi connectivity index (χ0n) is 16.8. The third-order valence-electron chi connectivity index (χ3n) is 4.51. The zero-order chi connectivity index (χ0) is 22.3. The highest BCUT2D eigenvalue weighted by molar-refractivity contribution is 7.99. The lowest BCUT2D eigenvalue weighted by atomic mass is 10.2. The minimum Gasteiger partial charge on any atom is -0.325 e. The summed E-state index contributed by atoms with van der Waals surface area (Å²) < 4.78 is 1.95. The lowest BCUT2D eigenvalue weighted by Crippen LogP contribution is -2.14. The molecule has 0 saturated carbocycles. The summed E-state index contributed by atoms with van der Waals surface area (Å²) in [5.41, 5.74) is 2.37. The molecule has 2 aromatic carbocycles. The number of anilines is 1. The number of nitro benzene ring substituents is 1. The minimum atomic E-state index is -0.485. The van der Waals surface area contributed by atoms with Crippen LogP contribution in [0.5, 0.6) is 0 Å². The van der Waals surface area contributed by atoms with Crippen molar-refractivity contribution >= 4 is 29.0 Å². The number of pyridine rings is 1. The summed E-state index contributed by atoms with van der Waals surface area (Å²) in [5.74, 6) is 0.526. The van der Waals surface area contributed by atoms with Gasteiger partial charge in [0, 0.05) is 35.8 Å². The highest BCUT2D eigenvalue weighted by Crippen LogP contribution is 2.25. The van der Waals surface area contributed by atoms with Crippen LogP contribution in [-0.4, -0.2) is 36.3 Å². The van der Waals surface area contributed by atoms with Crippen LogP contribution in [0.25, 0.3) is 11.4 Å². The van der Waals surface area contributed by atoms with E-state index in [-0.39, 0.29) is 17.3 Å². The number of hydrogen-bond acceptors (Lipinski definition) is 7. The molecule has 0 aliphatic carbocycles. The van der Waals surface area contributed by atoms with Crippen molar-refractivity contribution in [2.24, 2.45) is 0 Å². The average molecular weight is 446 g/mol. The fourth-order valence-electron chi connectivity index (χ4n) is 3.01.